The van der Waals surface area contributed by atoms with Gasteiger partial charge in [0.2, 0.25) is 0 Å². The normalized spacial score (nSPS) is 23.2. The first-order valence-corrected chi connectivity index (χ1v) is 8.51. The van der Waals surface area contributed by atoms with Crippen LogP contribution in [-0.4, -0.2) is 29.0 Å². The Morgan fingerprint density at radius 1 is 1.30 bits per heavy atom. The maximum atomic E-state index is 6.12. The van der Waals surface area contributed by atoms with Gasteiger partial charge in [0.25, 0.3) is 0 Å². The van der Waals surface area contributed by atoms with Crippen LogP contribution in [0.2, 0.25) is 0 Å². The standard InChI is InChI=1S/C15H26BrN3O/c1-4-13-15(16)14(19(5-2)18-13)10-20-12-8-6-11(17-3)7-9-12/h11-12,17H,4-10H2,1-3H3. The first-order chi connectivity index (χ1) is 9.69. The molecule has 1 aliphatic rings. The number of aromatic nitrogens is 2. The Bertz CT molecular complexity index is 425. The highest BCUT2D eigenvalue weighted by atomic mass is 79.9. The fourth-order valence-corrected chi connectivity index (χ4v) is 3.55. The van der Waals surface area contributed by atoms with Gasteiger partial charge in [-0.3, -0.25) is 4.68 Å². The van der Waals surface area contributed by atoms with E-state index in [9.17, 15) is 0 Å². The minimum atomic E-state index is 0.400. The molecule has 0 saturated heterocycles. The second-order valence-electron chi connectivity index (χ2n) is 5.45. The number of hydrogen-bond acceptors (Lipinski definition) is 3. The quantitative estimate of drug-likeness (QED) is 0.861. The van der Waals surface area contributed by atoms with Gasteiger partial charge in [-0.1, -0.05) is 6.92 Å². The summed E-state index contributed by atoms with van der Waals surface area (Å²) in [6.07, 6.45) is 6.10. The number of nitrogens with one attached hydrogen (secondary N) is 1. The van der Waals surface area contributed by atoms with Crippen LogP contribution in [0.1, 0.15) is 50.9 Å². The molecule has 2 rings (SSSR count). The van der Waals surface area contributed by atoms with Crippen molar-refractivity contribution in [2.75, 3.05) is 7.05 Å². The lowest BCUT2D eigenvalue weighted by molar-refractivity contribution is 0.00846. The Morgan fingerprint density at radius 3 is 2.55 bits per heavy atom. The van der Waals surface area contributed by atoms with Crippen LogP contribution in [0, 0.1) is 0 Å². The molecule has 1 aromatic rings. The average molecular weight is 344 g/mol. The van der Waals surface area contributed by atoms with Crippen LogP contribution >= 0.6 is 15.9 Å². The second kappa shape index (κ2) is 7.57. The highest BCUT2D eigenvalue weighted by Crippen LogP contribution is 2.26. The molecule has 0 aromatic carbocycles. The molecule has 1 aromatic heterocycles. The van der Waals surface area contributed by atoms with Crippen molar-refractivity contribution in [1.82, 2.24) is 15.1 Å². The molecule has 1 heterocycles. The number of nitrogens with zero attached hydrogens (tertiary/aromatic N) is 2. The molecule has 0 radical (unpaired) electrons. The van der Waals surface area contributed by atoms with E-state index in [0.717, 1.165) is 36.0 Å². The fraction of sp³-hybridized carbons (Fsp3) is 0.800. The summed E-state index contributed by atoms with van der Waals surface area (Å²) < 4.78 is 9.31. The maximum absolute atomic E-state index is 6.12. The SMILES string of the molecule is CCc1nn(CC)c(COC2CCC(NC)CC2)c1Br. The molecular formula is C15H26BrN3O. The molecule has 1 fully saturated rings. The van der Waals surface area contributed by atoms with Gasteiger partial charge in [-0.25, -0.2) is 0 Å². The van der Waals surface area contributed by atoms with Crippen molar-refractivity contribution in [2.24, 2.45) is 0 Å². The number of aryl methyl sites for hydroxylation is 2. The summed E-state index contributed by atoms with van der Waals surface area (Å²) >= 11 is 3.68. The van der Waals surface area contributed by atoms with E-state index in [1.54, 1.807) is 0 Å². The Balaban J connectivity index is 1.92. The van der Waals surface area contributed by atoms with Crippen molar-refractivity contribution in [3.8, 4) is 0 Å². The Morgan fingerprint density at radius 2 is 2.00 bits per heavy atom. The zero-order chi connectivity index (χ0) is 14.5. The van der Waals surface area contributed by atoms with Crippen molar-refractivity contribution in [1.29, 1.82) is 0 Å². The Labute approximate surface area is 130 Å². The van der Waals surface area contributed by atoms with Gasteiger partial charge in [0.05, 0.1) is 28.6 Å². The summed E-state index contributed by atoms with van der Waals surface area (Å²) in [5.74, 6) is 0. The molecule has 1 N–H and O–H groups in total. The van der Waals surface area contributed by atoms with E-state index >= 15 is 0 Å². The van der Waals surface area contributed by atoms with Crippen molar-refractivity contribution >= 4 is 15.9 Å². The van der Waals surface area contributed by atoms with Gasteiger partial charge in [0.1, 0.15) is 0 Å². The van der Waals surface area contributed by atoms with Gasteiger partial charge in [-0.15, -0.1) is 0 Å². The highest BCUT2D eigenvalue weighted by molar-refractivity contribution is 9.10. The van der Waals surface area contributed by atoms with Gasteiger partial charge in [-0.2, -0.15) is 5.10 Å². The van der Waals surface area contributed by atoms with Crippen LogP contribution in [0.4, 0.5) is 0 Å². The summed E-state index contributed by atoms with van der Waals surface area (Å²) in [5.41, 5.74) is 2.31. The molecule has 5 heteroatoms. The molecule has 0 spiro atoms. The van der Waals surface area contributed by atoms with Gasteiger partial charge in [-0.05, 0) is 62.0 Å². The van der Waals surface area contributed by atoms with Gasteiger partial charge in [0.15, 0.2) is 0 Å². The van der Waals surface area contributed by atoms with Crippen LogP contribution in [0.5, 0.6) is 0 Å². The van der Waals surface area contributed by atoms with Crippen molar-refractivity contribution in [2.45, 2.75) is 71.2 Å². The van der Waals surface area contributed by atoms with Crippen LogP contribution < -0.4 is 5.32 Å². The molecule has 20 heavy (non-hydrogen) atoms. The molecule has 0 unspecified atom stereocenters. The largest absolute Gasteiger partial charge is 0.372 e. The topological polar surface area (TPSA) is 39.1 Å². The molecule has 0 amide bonds. The van der Waals surface area contributed by atoms with E-state index in [1.165, 1.54) is 18.5 Å². The van der Waals surface area contributed by atoms with Crippen LogP contribution in [0.25, 0.3) is 0 Å². The number of rotatable bonds is 6. The van der Waals surface area contributed by atoms with Crippen molar-refractivity contribution < 1.29 is 4.74 Å². The molecule has 0 aliphatic heterocycles. The zero-order valence-electron chi connectivity index (χ0n) is 12.8. The van der Waals surface area contributed by atoms with Crippen LogP contribution in [-0.2, 0) is 24.3 Å². The lowest BCUT2D eigenvalue weighted by Gasteiger charge is -2.28. The molecule has 114 valence electrons. The van der Waals surface area contributed by atoms with E-state index in [4.69, 9.17) is 4.74 Å². The summed E-state index contributed by atoms with van der Waals surface area (Å²) in [7, 11) is 2.05. The number of ether oxygens (including phenoxy) is 1. The van der Waals surface area contributed by atoms with Crippen LogP contribution in [0.3, 0.4) is 0 Å². The average Bonchev–Trinajstić information content (AvgIpc) is 2.81. The Hall–Kier alpha value is -0.390. The summed E-state index contributed by atoms with van der Waals surface area (Å²) in [6.45, 7) is 5.82. The van der Waals surface area contributed by atoms with Gasteiger partial charge >= 0.3 is 0 Å². The first kappa shape index (κ1) is 16.0. The predicted molar refractivity (Wildman–Crippen MR) is 84.9 cm³/mol. The summed E-state index contributed by atoms with van der Waals surface area (Å²) in [4.78, 5) is 0. The first-order valence-electron chi connectivity index (χ1n) is 7.72. The molecular weight excluding hydrogens is 318 g/mol. The van der Waals surface area contributed by atoms with E-state index in [1.807, 2.05) is 0 Å². The summed E-state index contributed by atoms with van der Waals surface area (Å²) in [6, 6.07) is 0.675. The molecule has 4 nitrogen and oxygen atoms in total. The zero-order valence-corrected chi connectivity index (χ0v) is 14.4. The smallest absolute Gasteiger partial charge is 0.0900 e. The lowest BCUT2D eigenvalue weighted by Crippen LogP contribution is -2.33. The summed E-state index contributed by atoms with van der Waals surface area (Å²) in [5, 5.41) is 7.97. The van der Waals surface area contributed by atoms with Crippen LogP contribution in [0.15, 0.2) is 4.47 Å². The van der Waals surface area contributed by atoms with E-state index in [2.05, 4.69) is 51.9 Å². The maximum Gasteiger partial charge on any atom is 0.0900 e. The van der Waals surface area contributed by atoms with Gasteiger partial charge < -0.3 is 10.1 Å². The minimum absolute atomic E-state index is 0.400. The molecule has 1 saturated carbocycles. The van der Waals surface area contributed by atoms with Gasteiger partial charge in [0, 0.05) is 12.6 Å². The Kier molecular flexibility index (Phi) is 6.05. The van der Waals surface area contributed by atoms with Crippen molar-refractivity contribution in [3.63, 3.8) is 0 Å². The fourth-order valence-electron chi connectivity index (χ4n) is 2.87. The molecule has 0 bridgehead atoms. The lowest BCUT2D eigenvalue weighted by atomic mass is 9.93. The second-order valence-corrected chi connectivity index (χ2v) is 6.24. The minimum Gasteiger partial charge on any atom is -0.372 e. The number of halogens is 1. The predicted octanol–water partition coefficient (Wildman–Crippen LogP) is 3.28. The van der Waals surface area contributed by atoms with Crippen molar-refractivity contribution in [3.05, 3.63) is 15.9 Å². The molecule has 0 atom stereocenters. The monoisotopic (exact) mass is 343 g/mol. The number of hydrogen-bond donors (Lipinski definition) is 1. The third-order valence-electron chi connectivity index (χ3n) is 4.23. The van der Waals surface area contributed by atoms with E-state index in [0.29, 0.717) is 18.8 Å². The van der Waals surface area contributed by atoms with E-state index in [-0.39, 0.29) is 0 Å². The molecule has 1 aliphatic carbocycles. The third kappa shape index (κ3) is 3.62. The third-order valence-corrected chi connectivity index (χ3v) is 5.15. The highest BCUT2D eigenvalue weighted by Gasteiger charge is 2.22. The van der Waals surface area contributed by atoms with E-state index < -0.39 is 0 Å².